The van der Waals surface area contributed by atoms with Crippen LogP contribution in [0.2, 0.25) is 0 Å². The zero-order valence-electron chi connectivity index (χ0n) is 5.19. The first-order chi connectivity index (χ1) is 4.86. The smallest absolute Gasteiger partial charge is 0.267 e. The third-order valence-electron chi connectivity index (χ3n) is 1.35. The minimum absolute atomic E-state index is 0.104. The molecule has 0 N–H and O–H groups in total. The van der Waals surface area contributed by atoms with Gasteiger partial charge in [-0.15, -0.1) is 0 Å². The fourth-order valence-corrected chi connectivity index (χ4v) is 0.916. The topological polar surface area (TPSA) is 45.0 Å². The molecular weight excluding hydrogens is 130 g/mol. The van der Waals surface area contributed by atoms with Crippen molar-refractivity contribution < 1.29 is 4.79 Å². The number of amidine groups is 1. The van der Waals surface area contributed by atoms with Gasteiger partial charge in [0.2, 0.25) is 0 Å². The van der Waals surface area contributed by atoms with E-state index in [0.717, 1.165) is 0 Å². The predicted molar refractivity (Wildman–Crippen MR) is 36.8 cm³/mol. The van der Waals surface area contributed by atoms with E-state index in [1.54, 1.807) is 23.5 Å². The first kappa shape index (κ1) is 5.34. The molecule has 50 valence electrons. The zero-order chi connectivity index (χ0) is 6.97. The Morgan fingerprint density at radius 2 is 2.50 bits per heavy atom. The Labute approximate surface area is 57.6 Å². The number of aliphatic imine (C=N–C) groups is 2. The third kappa shape index (κ3) is 0.655. The van der Waals surface area contributed by atoms with E-state index in [1.165, 1.54) is 0 Å². The lowest BCUT2D eigenvalue weighted by atomic mass is 10.5. The van der Waals surface area contributed by atoms with Crippen molar-refractivity contribution in [2.75, 3.05) is 6.54 Å². The van der Waals surface area contributed by atoms with Gasteiger partial charge >= 0.3 is 0 Å². The van der Waals surface area contributed by atoms with Crippen LogP contribution in [0.5, 0.6) is 0 Å². The van der Waals surface area contributed by atoms with Crippen molar-refractivity contribution in [3.8, 4) is 0 Å². The quantitative estimate of drug-likeness (QED) is 0.461. The summed E-state index contributed by atoms with van der Waals surface area (Å²) in [4.78, 5) is 20.0. The van der Waals surface area contributed by atoms with E-state index in [4.69, 9.17) is 0 Å². The summed E-state index contributed by atoms with van der Waals surface area (Å²) in [6.07, 6.45) is 4.93. The van der Waals surface area contributed by atoms with Crippen LogP contribution < -0.4 is 0 Å². The molecule has 2 aliphatic rings. The SMILES string of the molecule is O=C1CN2C=NC=CC2=N1. The predicted octanol–water partition coefficient (Wildman–Crippen LogP) is -0.217. The van der Waals surface area contributed by atoms with Gasteiger partial charge in [0.05, 0.1) is 6.34 Å². The van der Waals surface area contributed by atoms with Gasteiger partial charge < -0.3 is 4.90 Å². The molecule has 0 spiro atoms. The van der Waals surface area contributed by atoms with Gasteiger partial charge in [0.1, 0.15) is 12.4 Å². The number of hydrogen-bond donors (Lipinski definition) is 0. The van der Waals surface area contributed by atoms with Crippen LogP contribution in [0, 0.1) is 0 Å². The normalized spacial score (nSPS) is 21.4. The molecule has 0 saturated heterocycles. The molecule has 0 unspecified atom stereocenters. The van der Waals surface area contributed by atoms with Crippen molar-refractivity contribution in [2.45, 2.75) is 0 Å². The summed E-state index contributed by atoms with van der Waals surface area (Å²) in [5.74, 6) is 0.591. The molecule has 10 heavy (non-hydrogen) atoms. The van der Waals surface area contributed by atoms with Gasteiger partial charge in [-0.1, -0.05) is 0 Å². The summed E-state index contributed by atoms with van der Waals surface area (Å²) in [5.41, 5.74) is 0. The molecule has 4 nitrogen and oxygen atoms in total. The molecule has 0 saturated carbocycles. The Bertz CT molecular complexity index is 264. The van der Waals surface area contributed by atoms with Crippen molar-refractivity contribution >= 4 is 18.1 Å². The van der Waals surface area contributed by atoms with Crippen LogP contribution in [0.3, 0.4) is 0 Å². The van der Waals surface area contributed by atoms with Crippen LogP contribution >= 0.6 is 0 Å². The molecule has 0 radical (unpaired) electrons. The summed E-state index contributed by atoms with van der Waals surface area (Å²) < 4.78 is 0. The fraction of sp³-hybridized carbons (Fsp3) is 0.167. The van der Waals surface area contributed by atoms with Crippen molar-refractivity contribution in [3.05, 3.63) is 12.3 Å². The number of hydrogen-bond acceptors (Lipinski definition) is 3. The lowest BCUT2D eigenvalue weighted by Crippen LogP contribution is -2.26. The summed E-state index contributed by atoms with van der Waals surface area (Å²) in [6.45, 7) is 0.336. The monoisotopic (exact) mass is 135 g/mol. The number of fused-ring (bicyclic) bond motifs is 1. The summed E-state index contributed by atoms with van der Waals surface area (Å²) >= 11 is 0. The summed E-state index contributed by atoms with van der Waals surface area (Å²) in [6, 6.07) is 0. The largest absolute Gasteiger partial charge is 0.307 e. The van der Waals surface area contributed by atoms with E-state index in [2.05, 4.69) is 9.98 Å². The molecular formula is C6H5N3O. The van der Waals surface area contributed by atoms with Crippen molar-refractivity contribution in [1.29, 1.82) is 0 Å². The van der Waals surface area contributed by atoms with Crippen LogP contribution in [0.1, 0.15) is 0 Å². The molecule has 2 aliphatic heterocycles. The highest BCUT2D eigenvalue weighted by Crippen LogP contribution is 2.04. The van der Waals surface area contributed by atoms with Gasteiger partial charge in [0.25, 0.3) is 5.91 Å². The van der Waals surface area contributed by atoms with E-state index in [-0.39, 0.29) is 5.91 Å². The highest BCUT2D eigenvalue weighted by Gasteiger charge is 2.20. The Kier molecular flexibility index (Phi) is 0.943. The minimum Gasteiger partial charge on any atom is -0.307 e. The molecule has 0 fully saturated rings. The molecule has 1 amide bonds. The Hall–Kier alpha value is -1.45. The number of rotatable bonds is 0. The second-order valence-electron chi connectivity index (χ2n) is 2.07. The van der Waals surface area contributed by atoms with Crippen LogP contribution in [0.15, 0.2) is 22.3 Å². The highest BCUT2D eigenvalue weighted by molar-refractivity contribution is 6.12. The van der Waals surface area contributed by atoms with Gasteiger partial charge in [-0.3, -0.25) is 4.79 Å². The Morgan fingerprint density at radius 1 is 1.60 bits per heavy atom. The van der Waals surface area contributed by atoms with Crippen molar-refractivity contribution in [1.82, 2.24) is 4.90 Å². The lowest BCUT2D eigenvalue weighted by Gasteiger charge is -2.11. The summed E-state index contributed by atoms with van der Waals surface area (Å²) in [5, 5.41) is 0. The van der Waals surface area contributed by atoms with Crippen LogP contribution in [0.4, 0.5) is 0 Å². The fourth-order valence-electron chi connectivity index (χ4n) is 0.916. The molecule has 2 heterocycles. The minimum atomic E-state index is -0.104. The average molecular weight is 135 g/mol. The highest BCUT2D eigenvalue weighted by atomic mass is 16.2. The molecule has 0 bridgehead atoms. The maximum atomic E-state index is 10.7. The Balaban J connectivity index is 2.37. The van der Waals surface area contributed by atoms with Crippen LogP contribution in [-0.4, -0.2) is 29.5 Å². The van der Waals surface area contributed by atoms with E-state index in [1.807, 2.05) is 0 Å². The first-order valence-electron chi connectivity index (χ1n) is 2.94. The number of nitrogens with zero attached hydrogens (tertiary/aromatic N) is 3. The van der Waals surface area contributed by atoms with Gasteiger partial charge in [0, 0.05) is 6.20 Å². The van der Waals surface area contributed by atoms with Gasteiger partial charge in [-0.25, -0.2) is 4.99 Å². The lowest BCUT2D eigenvalue weighted by molar-refractivity contribution is -0.116. The zero-order valence-corrected chi connectivity index (χ0v) is 5.19. The van der Waals surface area contributed by atoms with Gasteiger partial charge in [0.15, 0.2) is 0 Å². The third-order valence-corrected chi connectivity index (χ3v) is 1.35. The molecule has 0 aliphatic carbocycles. The molecule has 4 heteroatoms. The molecule has 0 aromatic rings. The van der Waals surface area contributed by atoms with Crippen LogP contribution in [-0.2, 0) is 4.79 Å². The van der Waals surface area contributed by atoms with E-state index in [0.29, 0.717) is 12.4 Å². The summed E-state index contributed by atoms with van der Waals surface area (Å²) in [7, 11) is 0. The molecule has 0 aromatic heterocycles. The molecule has 0 atom stereocenters. The van der Waals surface area contributed by atoms with Crippen molar-refractivity contribution in [3.63, 3.8) is 0 Å². The number of carbonyl (C=O) groups excluding carboxylic acids is 1. The maximum Gasteiger partial charge on any atom is 0.267 e. The Morgan fingerprint density at radius 3 is 3.30 bits per heavy atom. The van der Waals surface area contributed by atoms with Crippen LogP contribution in [0.25, 0.3) is 0 Å². The average Bonchev–Trinajstić information content (AvgIpc) is 2.27. The van der Waals surface area contributed by atoms with E-state index >= 15 is 0 Å². The molecule has 0 aromatic carbocycles. The number of amides is 1. The molecule has 2 rings (SSSR count). The first-order valence-corrected chi connectivity index (χ1v) is 2.94. The second kappa shape index (κ2) is 1.76. The second-order valence-corrected chi connectivity index (χ2v) is 2.07. The van der Waals surface area contributed by atoms with Gasteiger partial charge in [-0.2, -0.15) is 4.99 Å². The standard InChI is InChI=1S/C6H5N3O/c10-6-3-9-4-7-2-1-5(9)8-6/h1-2,4H,3H2. The number of carbonyl (C=O) groups is 1. The van der Waals surface area contributed by atoms with E-state index in [9.17, 15) is 4.79 Å². The maximum absolute atomic E-state index is 10.7. The van der Waals surface area contributed by atoms with Gasteiger partial charge in [-0.05, 0) is 6.08 Å². The van der Waals surface area contributed by atoms with Crippen molar-refractivity contribution in [2.24, 2.45) is 9.98 Å². The van der Waals surface area contributed by atoms with E-state index < -0.39 is 0 Å².